The van der Waals surface area contributed by atoms with Crippen LogP contribution in [0.5, 0.6) is 5.75 Å². The van der Waals surface area contributed by atoms with Gasteiger partial charge in [-0.05, 0) is 45.3 Å². The predicted molar refractivity (Wildman–Crippen MR) is 82.0 cm³/mol. The number of rotatable bonds is 4. The molecule has 3 nitrogen and oxygen atoms in total. The lowest BCUT2D eigenvalue weighted by Gasteiger charge is -2.20. The van der Waals surface area contributed by atoms with Crippen molar-refractivity contribution in [1.29, 1.82) is 0 Å². The van der Waals surface area contributed by atoms with Gasteiger partial charge >= 0.3 is 0 Å². The van der Waals surface area contributed by atoms with E-state index in [-0.39, 0.29) is 17.0 Å². The second kappa shape index (κ2) is 6.25. The Morgan fingerprint density at radius 1 is 1.28 bits per heavy atom. The van der Waals surface area contributed by atoms with Crippen LogP contribution in [-0.4, -0.2) is 36.7 Å². The van der Waals surface area contributed by atoms with Gasteiger partial charge < -0.3 is 14.2 Å². The van der Waals surface area contributed by atoms with Crippen LogP contribution in [0.25, 0.3) is 10.9 Å². The largest absolute Gasteiger partial charge is 0.497 e. The highest BCUT2D eigenvalue weighted by Crippen LogP contribution is 2.22. The molecular formula is C14H21BrN2O. The van der Waals surface area contributed by atoms with Crippen molar-refractivity contribution in [2.45, 2.75) is 19.5 Å². The summed E-state index contributed by atoms with van der Waals surface area (Å²) in [6.07, 6.45) is 2.14. The first-order valence-electron chi connectivity index (χ1n) is 5.91. The molecule has 0 saturated heterocycles. The Labute approximate surface area is 119 Å². The van der Waals surface area contributed by atoms with Crippen LogP contribution in [0.1, 0.15) is 6.92 Å². The molecule has 1 atom stereocenters. The number of likely N-dealkylation sites (N-methyl/N-ethyl adjacent to an activating group) is 1. The lowest BCUT2D eigenvalue weighted by Crippen LogP contribution is -2.28. The summed E-state index contributed by atoms with van der Waals surface area (Å²) in [5, 5.41) is 1.23. The second-order valence-electron chi connectivity index (χ2n) is 4.71. The van der Waals surface area contributed by atoms with Gasteiger partial charge in [-0.1, -0.05) is 0 Å². The molecule has 0 amide bonds. The summed E-state index contributed by atoms with van der Waals surface area (Å²) in [5.41, 5.74) is 1.26. The van der Waals surface area contributed by atoms with E-state index in [1.165, 1.54) is 10.9 Å². The van der Waals surface area contributed by atoms with Crippen LogP contribution in [0, 0.1) is 0 Å². The van der Waals surface area contributed by atoms with E-state index >= 15 is 0 Å². The second-order valence-corrected chi connectivity index (χ2v) is 4.71. The summed E-state index contributed by atoms with van der Waals surface area (Å²) in [6, 6.07) is 8.87. The van der Waals surface area contributed by atoms with E-state index in [0.29, 0.717) is 6.04 Å². The molecule has 0 aliphatic heterocycles. The van der Waals surface area contributed by atoms with Crippen LogP contribution in [0.3, 0.4) is 0 Å². The van der Waals surface area contributed by atoms with Crippen LogP contribution in [-0.2, 0) is 6.54 Å². The molecular weight excluding hydrogens is 292 g/mol. The molecule has 4 heteroatoms. The standard InChI is InChI=1S/C14H20N2O.BrH/c1-11(15(2)3)10-16-8-7-12-9-13(17-4)5-6-14(12)16;/h5-9,11H,10H2,1-4H3;1H/t11-;/m1./s1. The molecule has 1 aromatic heterocycles. The van der Waals surface area contributed by atoms with Gasteiger partial charge in [0.15, 0.2) is 0 Å². The van der Waals surface area contributed by atoms with Crippen molar-refractivity contribution in [2.24, 2.45) is 0 Å². The molecule has 0 bridgehead atoms. The molecule has 0 radical (unpaired) electrons. The quantitative estimate of drug-likeness (QED) is 0.862. The summed E-state index contributed by atoms with van der Waals surface area (Å²) in [6.45, 7) is 3.23. The van der Waals surface area contributed by atoms with E-state index in [2.05, 4.69) is 54.9 Å². The van der Waals surface area contributed by atoms with Crippen molar-refractivity contribution < 1.29 is 4.74 Å². The van der Waals surface area contributed by atoms with Gasteiger partial charge in [-0.3, -0.25) is 0 Å². The van der Waals surface area contributed by atoms with E-state index in [9.17, 15) is 0 Å². The predicted octanol–water partition coefficient (Wildman–Crippen LogP) is 3.18. The number of nitrogens with zero attached hydrogens (tertiary/aromatic N) is 2. The zero-order valence-electron chi connectivity index (χ0n) is 11.4. The number of methoxy groups -OCH3 is 1. The van der Waals surface area contributed by atoms with Crippen molar-refractivity contribution in [2.75, 3.05) is 21.2 Å². The lowest BCUT2D eigenvalue weighted by molar-refractivity contribution is 0.286. The molecule has 1 heterocycles. The van der Waals surface area contributed by atoms with Crippen LogP contribution < -0.4 is 4.74 Å². The van der Waals surface area contributed by atoms with E-state index in [1.807, 2.05) is 6.07 Å². The monoisotopic (exact) mass is 312 g/mol. The molecule has 0 aliphatic rings. The molecule has 1 aromatic carbocycles. The fourth-order valence-corrected chi connectivity index (χ4v) is 1.91. The van der Waals surface area contributed by atoms with Crippen LogP contribution >= 0.6 is 17.0 Å². The molecule has 0 spiro atoms. The van der Waals surface area contributed by atoms with Crippen molar-refractivity contribution in [3.63, 3.8) is 0 Å². The Morgan fingerprint density at radius 3 is 2.61 bits per heavy atom. The highest BCUT2D eigenvalue weighted by molar-refractivity contribution is 8.93. The topological polar surface area (TPSA) is 17.4 Å². The highest BCUT2D eigenvalue weighted by atomic mass is 79.9. The van der Waals surface area contributed by atoms with Gasteiger partial charge in [-0.2, -0.15) is 0 Å². The minimum atomic E-state index is 0. The zero-order chi connectivity index (χ0) is 12.4. The maximum atomic E-state index is 5.23. The number of benzene rings is 1. The SMILES string of the molecule is Br.COc1ccc2c(ccn2C[C@@H](C)N(C)C)c1. The van der Waals surface area contributed by atoms with Crippen molar-refractivity contribution in [3.05, 3.63) is 30.5 Å². The number of hydrogen-bond donors (Lipinski definition) is 0. The number of halogens is 1. The van der Waals surface area contributed by atoms with Crippen LogP contribution in [0.4, 0.5) is 0 Å². The minimum Gasteiger partial charge on any atom is -0.497 e. The van der Waals surface area contributed by atoms with E-state index in [1.54, 1.807) is 7.11 Å². The molecule has 0 fully saturated rings. The molecule has 0 unspecified atom stereocenters. The Morgan fingerprint density at radius 2 is 2.00 bits per heavy atom. The number of hydrogen-bond acceptors (Lipinski definition) is 2. The van der Waals surface area contributed by atoms with Crippen molar-refractivity contribution >= 4 is 27.9 Å². The van der Waals surface area contributed by atoms with Crippen LogP contribution in [0.15, 0.2) is 30.5 Å². The van der Waals surface area contributed by atoms with Crippen molar-refractivity contribution in [3.8, 4) is 5.75 Å². The molecule has 0 saturated carbocycles. The zero-order valence-corrected chi connectivity index (χ0v) is 13.1. The highest BCUT2D eigenvalue weighted by Gasteiger charge is 2.08. The summed E-state index contributed by atoms with van der Waals surface area (Å²) in [5.74, 6) is 0.913. The first-order valence-corrected chi connectivity index (χ1v) is 5.91. The Hall–Kier alpha value is -1.00. The Kier molecular flexibility index (Phi) is 5.23. The van der Waals surface area contributed by atoms with Gasteiger partial charge in [-0.15, -0.1) is 17.0 Å². The van der Waals surface area contributed by atoms with Gasteiger partial charge in [0, 0.05) is 29.7 Å². The van der Waals surface area contributed by atoms with E-state index in [0.717, 1.165) is 12.3 Å². The average Bonchev–Trinajstić information content (AvgIpc) is 2.71. The van der Waals surface area contributed by atoms with Gasteiger partial charge in [-0.25, -0.2) is 0 Å². The fraction of sp³-hybridized carbons (Fsp3) is 0.429. The average molecular weight is 313 g/mol. The third-order valence-electron chi connectivity index (χ3n) is 3.32. The smallest absolute Gasteiger partial charge is 0.119 e. The maximum Gasteiger partial charge on any atom is 0.119 e. The molecule has 100 valence electrons. The number of fused-ring (bicyclic) bond motifs is 1. The maximum absolute atomic E-state index is 5.23. The van der Waals surface area contributed by atoms with Gasteiger partial charge in [0.05, 0.1) is 7.11 Å². The first-order chi connectivity index (χ1) is 8.11. The molecule has 2 aromatic rings. The fourth-order valence-electron chi connectivity index (χ4n) is 1.91. The molecule has 0 N–H and O–H groups in total. The van der Waals surface area contributed by atoms with Gasteiger partial charge in [0.2, 0.25) is 0 Å². The number of ether oxygens (including phenoxy) is 1. The van der Waals surface area contributed by atoms with Crippen LogP contribution in [0.2, 0.25) is 0 Å². The minimum absolute atomic E-state index is 0. The lowest BCUT2D eigenvalue weighted by atomic mass is 10.2. The van der Waals surface area contributed by atoms with E-state index < -0.39 is 0 Å². The molecule has 2 rings (SSSR count). The van der Waals surface area contributed by atoms with Crippen molar-refractivity contribution in [1.82, 2.24) is 9.47 Å². The molecule has 18 heavy (non-hydrogen) atoms. The Balaban J connectivity index is 0.00000162. The third kappa shape index (κ3) is 3.06. The first kappa shape index (κ1) is 15.1. The number of aromatic nitrogens is 1. The van der Waals surface area contributed by atoms with Gasteiger partial charge in [0.1, 0.15) is 5.75 Å². The molecule has 0 aliphatic carbocycles. The normalized spacial score (nSPS) is 12.5. The summed E-state index contributed by atoms with van der Waals surface area (Å²) in [7, 11) is 5.92. The third-order valence-corrected chi connectivity index (χ3v) is 3.32. The Bertz CT molecular complexity index is 507. The summed E-state index contributed by atoms with van der Waals surface area (Å²) in [4.78, 5) is 2.23. The van der Waals surface area contributed by atoms with E-state index in [4.69, 9.17) is 4.74 Å². The van der Waals surface area contributed by atoms with Gasteiger partial charge in [0.25, 0.3) is 0 Å². The summed E-state index contributed by atoms with van der Waals surface area (Å²) < 4.78 is 7.52. The summed E-state index contributed by atoms with van der Waals surface area (Å²) >= 11 is 0.